The Morgan fingerprint density at radius 1 is 1.26 bits per heavy atom. The molecule has 6 nitrogen and oxygen atoms in total. The number of ether oxygens (including phenoxy) is 1. The third kappa shape index (κ3) is 4.18. The van der Waals surface area contributed by atoms with Crippen LogP contribution in [0.1, 0.15) is 23.3 Å². The van der Waals surface area contributed by atoms with Crippen LogP contribution in [0.5, 0.6) is 0 Å². The zero-order valence-corrected chi connectivity index (χ0v) is 16.3. The van der Waals surface area contributed by atoms with E-state index in [1.807, 2.05) is 30.3 Å². The van der Waals surface area contributed by atoms with Gasteiger partial charge in [0.15, 0.2) is 0 Å². The van der Waals surface area contributed by atoms with Crippen LogP contribution in [0.3, 0.4) is 0 Å². The number of para-hydroxylation sites is 1. The lowest BCUT2D eigenvalue weighted by Crippen LogP contribution is -2.44. The van der Waals surface area contributed by atoms with E-state index in [2.05, 4.69) is 34.2 Å². The van der Waals surface area contributed by atoms with Gasteiger partial charge in [0.1, 0.15) is 5.69 Å². The fraction of sp³-hybridized carbons (Fsp3) is 0.571. The molecule has 0 spiro atoms. The number of H-pyrrole nitrogens is 1. The lowest BCUT2D eigenvalue weighted by Gasteiger charge is -2.31. The largest absolute Gasteiger partial charge is 0.381 e. The van der Waals surface area contributed by atoms with Gasteiger partial charge in [-0.3, -0.25) is 9.69 Å². The highest BCUT2D eigenvalue weighted by Gasteiger charge is 2.37. The lowest BCUT2D eigenvalue weighted by molar-refractivity contribution is 0.0403. The molecule has 2 saturated heterocycles. The number of likely N-dealkylation sites (tertiary alicyclic amines) is 1. The summed E-state index contributed by atoms with van der Waals surface area (Å²) >= 11 is 0. The zero-order valence-electron chi connectivity index (χ0n) is 16.3. The number of fused-ring (bicyclic) bond motifs is 1. The molecule has 0 radical (unpaired) electrons. The van der Waals surface area contributed by atoms with Gasteiger partial charge in [-0.1, -0.05) is 18.2 Å². The van der Waals surface area contributed by atoms with Gasteiger partial charge in [0.25, 0.3) is 5.91 Å². The molecule has 1 aromatic carbocycles. The molecule has 146 valence electrons. The van der Waals surface area contributed by atoms with Crippen LogP contribution in [0.2, 0.25) is 0 Å². The molecular weight excluding hydrogens is 340 g/mol. The van der Waals surface area contributed by atoms with Gasteiger partial charge in [-0.25, -0.2) is 0 Å². The molecule has 2 aliphatic rings. The topological polar surface area (TPSA) is 60.6 Å². The van der Waals surface area contributed by atoms with Crippen LogP contribution in [0, 0.1) is 5.92 Å². The maximum absolute atomic E-state index is 12.9. The second-order valence-electron chi connectivity index (χ2n) is 8.17. The van der Waals surface area contributed by atoms with Gasteiger partial charge in [0.2, 0.25) is 0 Å². The minimum Gasteiger partial charge on any atom is -0.381 e. The van der Waals surface area contributed by atoms with Crippen molar-refractivity contribution in [1.29, 1.82) is 0 Å². The number of benzene rings is 1. The van der Waals surface area contributed by atoms with Crippen LogP contribution in [-0.2, 0) is 4.74 Å². The maximum Gasteiger partial charge on any atom is 0.268 e. The Morgan fingerprint density at radius 3 is 2.78 bits per heavy atom. The van der Waals surface area contributed by atoms with Crippen molar-refractivity contribution in [1.82, 2.24) is 20.1 Å². The maximum atomic E-state index is 12.9. The van der Waals surface area contributed by atoms with Gasteiger partial charge in [0.05, 0.1) is 0 Å². The third-order valence-corrected chi connectivity index (χ3v) is 5.87. The van der Waals surface area contributed by atoms with Crippen molar-refractivity contribution in [2.75, 3.05) is 46.9 Å². The zero-order chi connectivity index (χ0) is 18.8. The number of carbonyl (C=O) groups is 1. The van der Waals surface area contributed by atoms with E-state index in [1.54, 1.807) is 0 Å². The lowest BCUT2D eigenvalue weighted by atomic mass is 10.0. The molecule has 1 amide bonds. The van der Waals surface area contributed by atoms with E-state index in [0.717, 1.165) is 56.6 Å². The van der Waals surface area contributed by atoms with E-state index in [-0.39, 0.29) is 11.9 Å². The van der Waals surface area contributed by atoms with Gasteiger partial charge in [-0.05, 0) is 39.1 Å². The minimum absolute atomic E-state index is 0.00576. The molecular formula is C21H30N4O2. The molecule has 1 aromatic heterocycles. The van der Waals surface area contributed by atoms with Crippen LogP contribution in [0.25, 0.3) is 10.9 Å². The highest BCUT2D eigenvalue weighted by atomic mass is 16.5. The second kappa shape index (κ2) is 8.00. The van der Waals surface area contributed by atoms with Crippen molar-refractivity contribution in [2.45, 2.75) is 24.9 Å². The predicted octanol–water partition coefficient (Wildman–Crippen LogP) is 1.94. The first-order valence-electron chi connectivity index (χ1n) is 9.95. The molecule has 3 heterocycles. The quantitative estimate of drug-likeness (QED) is 0.844. The number of nitrogens with zero attached hydrogens (tertiary/aromatic N) is 2. The van der Waals surface area contributed by atoms with Crippen molar-refractivity contribution in [2.24, 2.45) is 5.92 Å². The van der Waals surface area contributed by atoms with Gasteiger partial charge < -0.3 is 19.9 Å². The third-order valence-electron chi connectivity index (χ3n) is 5.87. The number of hydrogen-bond donors (Lipinski definition) is 2. The summed E-state index contributed by atoms with van der Waals surface area (Å²) in [6.45, 7) is 4.66. The fourth-order valence-corrected chi connectivity index (χ4v) is 4.51. The summed E-state index contributed by atoms with van der Waals surface area (Å²) in [6.07, 6.45) is 2.19. The highest BCUT2D eigenvalue weighted by Crippen LogP contribution is 2.25. The molecule has 0 aliphatic carbocycles. The van der Waals surface area contributed by atoms with Gasteiger partial charge in [-0.2, -0.15) is 0 Å². The molecule has 2 N–H and O–H groups in total. The Morgan fingerprint density at radius 2 is 2.04 bits per heavy atom. The number of amides is 1. The summed E-state index contributed by atoms with van der Waals surface area (Å²) in [5, 5.41) is 4.38. The summed E-state index contributed by atoms with van der Waals surface area (Å²) in [6, 6.07) is 10.7. The monoisotopic (exact) mass is 370 g/mol. The van der Waals surface area contributed by atoms with Crippen molar-refractivity contribution in [3.8, 4) is 0 Å². The number of nitrogens with one attached hydrogen (secondary N) is 2. The molecule has 2 atom stereocenters. The molecule has 0 saturated carbocycles. The SMILES string of the molecule is CN(C)C[C@@H]1CN(C2CCOCC2)C[C@H]1NC(=O)c1cc2ccccc2[nH]1. The van der Waals surface area contributed by atoms with Crippen LogP contribution in [0.4, 0.5) is 0 Å². The molecule has 6 heteroatoms. The molecule has 2 aliphatic heterocycles. The predicted molar refractivity (Wildman–Crippen MR) is 107 cm³/mol. The second-order valence-corrected chi connectivity index (χ2v) is 8.17. The van der Waals surface area contributed by atoms with Crippen LogP contribution < -0.4 is 5.32 Å². The Bertz CT molecular complexity index is 748. The Kier molecular flexibility index (Phi) is 5.48. The van der Waals surface area contributed by atoms with E-state index in [0.29, 0.717) is 17.7 Å². The van der Waals surface area contributed by atoms with Crippen molar-refractivity contribution < 1.29 is 9.53 Å². The molecule has 0 bridgehead atoms. The molecule has 4 rings (SSSR count). The smallest absolute Gasteiger partial charge is 0.268 e. The van der Waals surface area contributed by atoms with Gasteiger partial charge in [-0.15, -0.1) is 0 Å². The highest BCUT2D eigenvalue weighted by molar-refractivity contribution is 5.98. The summed E-state index contributed by atoms with van der Waals surface area (Å²) in [4.78, 5) is 20.9. The molecule has 2 aromatic rings. The number of rotatable bonds is 5. The van der Waals surface area contributed by atoms with E-state index in [4.69, 9.17) is 4.74 Å². The first-order valence-corrected chi connectivity index (χ1v) is 9.95. The molecule has 27 heavy (non-hydrogen) atoms. The summed E-state index contributed by atoms with van der Waals surface area (Å²) in [5.74, 6) is 0.435. The van der Waals surface area contributed by atoms with Gasteiger partial charge >= 0.3 is 0 Å². The van der Waals surface area contributed by atoms with E-state index in [9.17, 15) is 4.79 Å². The minimum atomic E-state index is -0.00576. The average molecular weight is 370 g/mol. The van der Waals surface area contributed by atoms with E-state index >= 15 is 0 Å². The average Bonchev–Trinajstić information content (AvgIpc) is 3.26. The fourth-order valence-electron chi connectivity index (χ4n) is 4.51. The standard InChI is InChI=1S/C21H30N4O2/c1-24(2)12-16-13-25(17-7-9-27-10-8-17)14-20(16)23-21(26)19-11-15-5-3-4-6-18(15)22-19/h3-6,11,16-17,20,22H,7-10,12-14H2,1-2H3,(H,23,26)/t16-,20-/m1/s1. The van der Waals surface area contributed by atoms with Crippen LogP contribution in [0.15, 0.2) is 30.3 Å². The summed E-state index contributed by atoms with van der Waals surface area (Å²) in [7, 11) is 4.21. The Labute approximate surface area is 160 Å². The number of hydrogen-bond acceptors (Lipinski definition) is 4. The summed E-state index contributed by atoms with van der Waals surface area (Å²) in [5.41, 5.74) is 1.65. The Hall–Kier alpha value is -1.89. The summed E-state index contributed by atoms with van der Waals surface area (Å²) < 4.78 is 5.52. The first kappa shape index (κ1) is 18.5. The normalized spacial score (nSPS) is 24.7. The molecule has 2 fully saturated rings. The van der Waals surface area contributed by atoms with Crippen molar-refractivity contribution in [3.05, 3.63) is 36.0 Å². The number of carbonyl (C=O) groups excluding carboxylic acids is 1. The van der Waals surface area contributed by atoms with Crippen LogP contribution >= 0.6 is 0 Å². The van der Waals surface area contributed by atoms with Crippen molar-refractivity contribution >= 4 is 16.8 Å². The Balaban J connectivity index is 1.46. The van der Waals surface area contributed by atoms with E-state index < -0.39 is 0 Å². The number of aromatic nitrogens is 1. The van der Waals surface area contributed by atoms with E-state index in [1.165, 1.54) is 0 Å². The van der Waals surface area contributed by atoms with Crippen molar-refractivity contribution in [3.63, 3.8) is 0 Å². The first-order chi connectivity index (χ1) is 13.1. The number of aromatic amines is 1. The molecule has 0 unspecified atom stereocenters. The van der Waals surface area contributed by atoms with Crippen LogP contribution in [-0.4, -0.2) is 79.7 Å². The van der Waals surface area contributed by atoms with Gasteiger partial charge in [0, 0.05) is 61.8 Å².